The highest BCUT2D eigenvalue weighted by Gasteiger charge is 2.51. The third kappa shape index (κ3) is 4.65. The molecule has 2 aliphatic heterocycles. The van der Waals surface area contributed by atoms with E-state index in [0.717, 1.165) is 43.5 Å². The van der Waals surface area contributed by atoms with Crippen LogP contribution in [0.15, 0.2) is 42.5 Å². The first-order chi connectivity index (χ1) is 15.5. The van der Waals surface area contributed by atoms with Gasteiger partial charge in [-0.15, -0.1) is 0 Å². The smallest absolute Gasteiger partial charge is 0.290 e. The third-order valence-corrected chi connectivity index (χ3v) is 6.65. The van der Waals surface area contributed by atoms with E-state index in [1.807, 2.05) is 42.2 Å². The van der Waals surface area contributed by atoms with Crippen molar-refractivity contribution in [3.63, 3.8) is 0 Å². The molecule has 0 aromatic heterocycles. The predicted octanol–water partition coefficient (Wildman–Crippen LogP) is 4.21. The summed E-state index contributed by atoms with van der Waals surface area (Å²) in [6.07, 6.45) is 3.29. The first-order valence-electron chi connectivity index (χ1n) is 11.4. The molecule has 0 radical (unpaired) electrons. The number of ether oxygens (including phenoxy) is 1. The molecule has 6 heteroatoms. The molecular formula is C26H32N2O4. The van der Waals surface area contributed by atoms with Crippen LogP contribution in [-0.4, -0.2) is 48.6 Å². The Morgan fingerprint density at radius 2 is 1.84 bits per heavy atom. The second kappa shape index (κ2) is 9.33. The van der Waals surface area contributed by atoms with Crippen molar-refractivity contribution >= 4 is 18.1 Å². The van der Waals surface area contributed by atoms with E-state index < -0.39 is 0 Å². The molecule has 0 unspecified atom stereocenters. The molecule has 3 fully saturated rings. The lowest BCUT2D eigenvalue weighted by Crippen LogP contribution is -2.56. The molecule has 0 atom stereocenters. The number of benzene rings is 2. The second-order valence-electron chi connectivity index (χ2n) is 9.27. The lowest BCUT2D eigenvalue weighted by atomic mass is 9.78. The number of hydrogen-bond donors (Lipinski definition) is 1. The van der Waals surface area contributed by atoms with E-state index in [-0.39, 0.29) is 17.8 Å². The largest absolute Gasteiger partial charge is 0.494 e. The highest BCUT2D eigenvalue weighted by Crippen LogP contribution is 2.46. The molecule has 1 N–H and O–H groups in total. The van der Waals surface area contributed by atoms with Crippen molar-refractivity contribution in [1.29, 1.82) is 0 Å². The van der Waals surface area contributed by atoms with Crippen LogP contribution in [0.1, 0.15) is 48.8 Å². The summed E-state index contributed by atoms with van der Waals surface area (Å²) in [6.45, 7) is 8.47. The molecule has 170 valence electrons. The van der Waals surface area contributed by atoms with Crippen LogP contribution in [0.25, 0.3) is 0 Å². The Hall–Kier alpha value is -2.86. The molecule has 1 amide bonds. The zero-order valence-electron chi connectivity index (χ0n) is 18.9. The van der Waals surface area contributed by atoms with Gasteiger partial charge in [0.1, 0.15) is 5.75 Å². The molecule has 32 heavy (non-hydrogen) atoms. The Morgan fingerprint density at radius 1 is 1.16 bits per heavy atom. The monoisotopic (exact) mass is 436 g/mol. The molecule has 6 nitrogen and oxygen atoms in total. The van der Waals surface area contributed by atoms with Gasteiger partial charge in [0.15, 0.2) is 0 Å². The van der Waals surface area contributed by atoms with E-state index in [4.69, 9.17) is 14.6 Å². The minimum Gasteiger partial charge on any atom is -0.494 e. The fraction of sp³-hybridized carbons (Fsp3) is 0.462. The second-order valence-corrected chi connectivity index (χ2v) is 9.27. The van der Waals surface area contributed by atoms with Crippen molar-refractivity contribution < 1.29 is 19.4 Å². The number of carboxylic acid groups (broad SMARTS) is 1. The van der Waals surface area contributed by atoms with Gasteiger partial charge >= 0.3 is 0 Å². The van der Waals surface area contributed by atoms with Crippen LogP contribution in [0.3, 0.4) is 0 Å². The Morgan fingerprint density at radius 3 is 2.47 bits per heavy atom. The number of hydrogen-bond acceptors (Lipinski definition) is 4. The van der Waals surface area contributed by atoms with Crippen LogP contribution in [0, 0.1) is 12.3 Å². The van der Waals surface area contributed by atoms with E-state index in [1.165, 1.54) is 29.5 Å². The van der Waals surface area contributed by atoms with Crippen molar-refractivity contribution in [1.82, 2.24) is 4.90 Å². The van der Waals surface area contributed by atoms with Gasteiger partial charge in [-0.1, -0.05) is 24.3 Å². The van der Waals surface area contributed by atoms with Crippen LogP contribution in [-0.2, 0) is 16.1 Å². The Kier molecular flexibility index (Phi) is 6.51. The van der Waals surface area contributed by atoms with E-state index in [2.05, 4.69) is 24.0 Å². The fourth-order valence-corrected chi connectivity index (χ4v) is 5.18. The van der Waals surface area contributed by atoms with Gasteiger partial charge in [-0.05, 0) is 67.5 Å². The van der Waals surface area contributed by atoms with Gasteiger partial charge in [-0.3, -0.25) is 14.5 Å². The maximum Gasteiger partial charge on any atom is 0.290 e. The minimum atomic E-state index is -0.250. The van der Waals surface area contributed by atoms with Gasteiger partial charge in [-0.25, -0.2) is 0 Å². The number of rotatable bonds is 6. The summed E-state index contributed by atoms with van der Waals surface area (Å²) < 4.78 is 5.87. The quantitative estimate of drug-likeness (QED) is 0.687. The van der Waals surface area contributed by atoms with Crippen LogP contribution >= 0.6 is 0 Å². The Balaban J connectivity index is 0.000000775. The number of nitrogens with zero attached hydrogens (tertiary/aromatic N) is 2. The number of anilines is 1. The van der Waals surface area contributed by atoms with Crippen LogP contribution in [0.2, 0.25) is 0 Å². The standard InChI is InChI=1S/C25H30N2O2.CH2O2/c1-3-29-23-12-20(22(11-18(23)2)19-9-10-19)14-26-15-25(16-26)13-24(28)27(17-25)21-7-5-4-6-8-21;2-1-3/h4-8,11-12,19H,3,9-10,13-17H2,1-2H3;1H,(H,2,3). The molecule has 5 rings (SSSR count). The van der Waals surface area contributed by atoms with Crippen molar-refractivity contribution in [2.75, 3.05) is 31.1 Å². The lowest BCUT2D eigenvalue weighted by molar-refractivity contribution is -0.123. The van der Waals surface area contributed by atoms with Crippen LogP contribution in [0.4, 0.5) is 5.69 Å². The van der Waals surface area contributed by atoms with Crippen LogP contribution in [0.5, 0.6) is 5.75 Å². The van der Waals surface area contributed by atoms with Crippen molar-refractivity contribution in [3.05, 3.63) is 59.2 Å². The van der Waals surface area contributed by atoms with E-state index in [9.17, 15) is 4.79 Å². The summed E-state index contributed by atoms with van der Waals surface area (Å²) in [5, 5.41) is 6.89. The van der Waals surface area contributed by atoms with E-state index in [0.29, 0.717) is 13.0 Å². The van der Waals surface area contributed by atoms with Crippen molar-refractivity contribution in [2.45, 2.75) is 45.6 Å². The molecule has 3 aliphatic rings. The Labute approximate surface area is 189 Å². The van der Waals surface area contributed by atoms with Crippen LogP contribution < -0.4 is 9.64 Å². The molecular weight excluding hydrogens is 404 g/mol. The number of carbonyl (C=O) groups excluding carboxylic acids is 1. The summed E-state index contributed by atoms with van der Waals surface area (Å²) in [7, 11) is 0. The van der Waals surface area contributed by atoms with E-state index in [1.54, 1.807) is 0 Å². The zero-order valence-corrected chi connectivity index (χ0v) is 18.9. The topological polar surface area (TPSA) is 70.1 Å². The molecule has 0 bridgehead atoms. The highest BCUT2D eigenvalue weighted by molar-refractivity contribution is 5.96. The molecule has 1 aliphatic carbocycles. The average Bonchev–Trinajstić information content (AvgIpc) is 3.53. The lowest BCUT2D eigenvalue weighted by Gasteiger charge is -2.47. The number of likely N-dealkylation sites (tertiary alicyclic amines) is 1. The van der Waals surface area contributed by atoms with E-state index >= 15 is 0 Å². The number of amides is 1. The molecule has 1 spiro atoms. The third-order valence-electron chi connectivity index (χ3n) is 6.65. The van der Waals surface area contributed by atoms with Gasteiger partial charge in [0.25, 0.3) is 6.47 Å². The van der Waals surface area contributed by atoms with Gasteiger partial charge < -0.3 is 14.7 Å². The van der Waals surface area contributed by atoms with Gasteiger partial charge in [0.05, 0.1) is 6.61 Å². The molecule has 2 saturated heterocycles. The van der Waals surface area contributed by atoms with Crippen molar-refractivity contribution in [2.24, 2.45) is 5.41 Å². The van der Waals surface area contributed by atoms with Gasteiger partial charge in [0, 0.05) is 43.7 Å². The maximum absolute atomic E-state index is 12.6. The van der Waals surface area contributed by atoms with Gasteiger partial charge in [0.2, 0.25) is 5.91 Å². The minimum absolute atomic E-state index is 0.125. The molecule has 2 aromatic carbocycles. The van der Waals surface area contributed by atoms with Crippen molar-refractivity contribution in [3.8, 4) is 5.75 Å². The highest BCUT2D eigenvalue weighted by atomic mass is 16.5. The summed E-state index contributed by atoms with van der Waals surface area (Å²) in [4.78, 5) is 25.5. The summed E-state index contributed by atoms with van der Waals surface area (Å²) >= 11 is 0. The first kappa shape index (κ1) is 22.3. The average molecular weight is 437 g/mol. The molecule has 1 saturated carbocycles. The summed E-state index contributed by atoms with van der Waals surface area (Å²) in [5.74, 6) is 2.02. The molecule has 2 aromatic rings. The summed E-state index contributed by atoms with van der Waals surface area (Å²) in [5.41, 5.74) is 5.34. The number of para-hydroxylation sites is 1. The van der Waals surface area contributed by atoms with Gasteiger partial charge in [-0.2, -0.15) is 0 Å². The normalized spacial score (nSPS) is 19.3. The summed E-state index contributed by atoms with van der Waals surface area (Å²) in [6, 6.07) is 14.7. The maximum atomic E-state index is 12.6. The zero-order chi connectivity index (χ0) is 22.7. The number of carbonyl (C=O) groups is 2. The molecule has 2 heterocycles. The number of aryl methyl sites for hydroxylation is 1. The Bertz CT molecular complexity index is 965. The predicted molar refractivity (Wildman–Crippen MR) is 124 cm³/mol. The first-order valence-corrected chi connectivity index (χ1v) is 11.4. The SMILES string of the molecule is CCOc1cc(CN2CC3(CC(=O)N(c4ccccc4)C3)C2)c(C2CC2)cc1C.O=CO. The fourth-order valence-electron chi connectivity index (χ4n) is 5.18.